The van der Waals surface area contributed by atoms with Gasteiger partial charge in [-0.25, -0.2) is 0 Å². The summed E-state index contributed by atoms with van der Waals surface area (Å²) >= 11 is 0. The summed E-state index contributed by atoms with van der Waals surface area (Å²) in [6.45, 7) is 14.9. The minimum atomic E-state index is -0.570. The lowest BCUT2D eigenvalue weighted by Crippen LogP contribution is -2.50. The molecule has 0 aliphatic rings. The Kier molecular flexibility index (Phi) is 9.35. The van der Waals surface area contributed by atoms with Gasteiger partial charge in [0.25, 0.3) is 5.91 Å². The van der Waals surface area contributed by atoms with Crippen LogP contribution in [-0.2, 0) is 4.79 Å². The molecule has 0 saturated carbocycles. The van der Waals surface area contributed by atoms with Gasteiger partial charge in [0.05, 0.1) is 0 Å². The second kappa shape index (κ2) is 11.0. The van der Waals surface area contributed by atoms with Crippen molar-refractivity contribution in [3.8, 4) is 0 Å². The van der Waals surface area contributed by atoms with Crippen LogP contribution in [0.3, 0.4) is 0 Å². The van der Waals surface area contributed by atoms with Gasteiger partial charge in [-0.05, 0) is 51.4 Å². The molecule has 2 amide bonds. The lowest BCUT2D eigenvalue weighted by atomic mass is 10.0. The molecule has 1 aromatic carbocycles. The molecule has 0 aliphatic heterocycles. The molecule has 5 heteroatoms. The van der Waals surface area contributed by atoms with Gasteiger partial charge in [-0.3, -0.25) is 14.5 Å². The van der Waals surface area contributed by atoms with Crippen LogP contribution >= 0.6 is 0 Å². The van der Waals surface area contributed by atoms with Crippen molar-refractivity contribution in [1.29, 1.82) is 0 Å². The monoisotopic (exact) mass is 361 g/mol. The number of hydrogen-bond acceptors (Lipinski definition) is 3. The van der Waals surface area contributed by atoms with E-state index in [1.807, 2.05) is 25.1 Å². The molecule has 0 fully saturated rings. The van der Waals surface area contributed by atoms with Crippen LogP contribution in [0.1, 0.15) is 57.0 Å². The Bertz CT molecular complexity index is 582. The van der Waals surface area contributed by atoms with E-state index in [9.17, 15) is 9.59 Å². The van der Waals surface area contributed by atoms with Crippen molar-refractivity contribution in [2.45, 2.75) is 60.0 Å². The minimum Gasteiger partial charge on any atom is -0.353 e. The summed E-state index contributed by atoms with van der Waals surface area (Å²) in [5, 5.41) is 5.79. The molecule has 0 spiro atoms. The van der Waals surface area contributed by atoms with Crippen LogP contribution in [0.15, 0.2) is 24.3 Å². The number of benzene rings is 1. The fourth-order valence-electron chi connectivity index (χ4n) is 3.15. The number of carbonyl (C=O) groups excluding carboxylic acids is 2. The van der Waals surface area contributed by atoms with Crippen LogP contribution in [0.4, 0.5) is 0 Å². The van der Waals surface area contributed by atoms with Gasteiger partial charge in [0.2, 0.25) is 5.91 Å². The van der Waals surface area contributed by atoms with E-state index in [1.54, 1.807) is 13.0 Å². The van der Waals surface area contributed by atoms with Crippen LogP contribution in [0.25, 0.3) is 0 Å². The molecule has 0 saturated heterocycles. The van der Waals surface area contributed by atoms with Crippen molar-refractivity contribution in [3.05, 3.63) is 35.4 Å². The maximum Gasteiger partial charge on any atom is 0.251 e. The zero-order chi connectivity index (χ0) is 19.7. The van der Waals surface area contributed by atoms with Crippen molar-refractivity contribution in [2.24, 2.45) is 5.92 Å². The standard InChI is InChI=1S/C21H35N3O2/c1-7-24(8-2)19(12-15(3)4)14-22-20(25)17(6)23-21(26)18-11-9-10-16(5)13-18/h9-11,13,15,17,19H,7-8,12,14H2,1-6H3,(H,22,25)(H,23,26). The van der Waals surface area contributed by atoms with Gasteiger partial charge in [-0.2, -0.15) is 0 Å². The van der Waals surface area contributed by atoms with E-state index >= 15 is 0 Å². The molecule has 2 unspecified atom stereocenters. The van der Waals surface area contributed by atoms with E-state index < -0.39 is 6.04 Å². The van der Waals surface area contributed by atoms with E-state index in [2.05, 4.69) is 43.2 Å². The first-order chi connectivity index (χ1) is 12.3. The fourth-order valence-corrected chi connectivity index (χ4v) is 3.15. The molecule has 0 heterocycles. The lowest BCUT2D eigenvalue weighted by molar-refractivity contribution is -0.122. The summed E-state index contributed by atoms with van der Waals surface area (Å²) in [5.41, 5.74) is 1.59. The molecular formula is C21H35N3O2. The normalized spacial score (nSPS) is 13.5. The third-order valence-corrected chi connectivity index (χ3v) is 4.61. The molecule has 1 rings (SSSR count). The van der Waals surface area contributed by atoms with E-state index in [0.29, 0.717) is 24.1 Å². The average Bonchev–Trinajstić information content (AvgIpc) is 2.59. The Morgan fingerprint density at radius 1 is 1.12 bits per heavy atom. The van der Waals surface area contributed by atoms with E-state index in [4.69, 9.17) is 0 Å². The highest BCUT2D eigenvalue weighted by Gasteiger charge is 2.21. The minimum absolute atomic E-state index is 0.146. The van der Waals surface area contributed by atoms with Crippen LogP contribution < -0.4 is 10.6 Å². The van der Waals surface area contributed by atoms with Gasteiger partial charge in [0.15, 0.2) is 0 Å². The highest BCUT2D eigenvalue weighted by Crippen LogP contribution is 2.11. The maximum atomic E-state index is 12.4. The van der Waals surface area contributed by atoms with Crippen molar-refractivity contribution in [3.63, 3.8) is 0 Å². The number of rotatable bonds is 10. The molecule has 0 radical (unpaired) electrons. The van der Waals surface area contributed by atoms with Gasteiger partial charge in [0.1, 0.15) is 6.04 Å². The highest BCUT2D eigenvalue weighted by atomic mass is 16.2. The van der Waals surface area contributed by atoms with Gasteiger partial charge >= 0.3 is 0 Å². The summed E-state index contributed by atoms with van der Waals surface area (Å²) in [6, 6.07) is 7.10. The molecule has 2 N–H and O–H groups in total. The second-order valence-electron chi connectivity index (χ2n) is 7.31. The third-order valence-electron chi connectivity index (χ3n) is 4.61. The maximum absolute atomic E-state index is 12.4. The number of carbonyl (C=O) groups is 2. The van der Waals surface area contributed by atoms with E-state index in [0.717, 1.165) is 25.1 Å². The molecule has 146 valence electrons. The van der Waals surface area contributed by atoms with Crippen LogP contribution in [0.5, 0.6) is 0 Å². The van der Waals surface area contributed by atoms with Gasteiger partial charge in [0, 0.05) is 18.2 Å². The molecule has 0 bridgehead atoms. The Balaban J connectivity index is 2.60. The summed E-state index contributed by atoms with van der Waals surface area (Å²) in [5.74, 6) is 0.196. The molecule has 2 atom stereocenters. The van der Waals surface area contributed by atoms with Gasteiger partial charge in [-0.1, -0.05) is 45.4 Å². The molecular weight excluding hydrogens is 326 g/mol. The predicted molar refractivity (Wildman–Crippen MR) is 107 cm³/mol. The first kappa shape index (κ1) is 22.2. The fraction of sp³-hybridized carbons (Fsp3) is 0.619. The number of aryl methyl sites for hydroxylation is 1. The number of nitrogens with zero attached hydrogens (tertiary/aromatic N) is 1. The largest absolute Gasteiger partial charge is 0.353 e. The van der Waals surface area contributed by atoms with Crippen molar-refractivity contribution >= 4 is 11.8 Å². The Labute approximate surface area is 158 Å². The highest BCUT2D eigenvalue weighted by molar-refractivity contribution is 5.97. The van der Waals surface area contributed by atoms with E-state index in [1.165, 1.54) is 0 Å². The van der Waals surface area contributed by atoms with E-state index in [-0.39, 0.29) is 11.8 Å². The number of amides is 2. The Morgan fingerprint density at radius 2 is 1.77 bits per heavy atom. The Morgan fingerprint density at radius 3 is 2.31 bits per heavy atom. The number of likely N-dealkylation sites (N-methyl/N-ethyl adjacent to an activating group) is 1. The first-order valence-corrected chi connectivity index (χ1v) is 9.67. The summed E-state index contributed by atoms with van der Waals surface area (Å²) in [7, 11) is 0. The number of nitrogens with one attached hydrogen (secondary N) is 2. The average molecular weight is 362 g/mol. The lowest BCUT2D eigenvalue weighted by Gasteiger charge is -2.31. The predicted octanol–water partition coefficient (Wildman–Crippen LogP) is 2.99. The number of hydrogen-bond donors (Lipinski definition) is 2. The topological polar surface area (TPSA) is 61.4 Å². The van der Waals surface area contributed by atoms with Crippen molar-refractivity contribution < 1.29 is 9.59 Å². The SMILES string of the molecule is CCN(CC)C(CNC(=O)C(C)NC(=O)c1cccc(C)c1)CC(C)C. The summed E-state index contributed by atoms with van der Waals surface area (Å²) < 4.78 is 0. The van der Waals surface area contributed by atoms with Gasteiger partial charge < -0.3 is 10.6 Å². The molecule has 1 aromatic rings. The third kappa shape index (κ3) is 7.16. The molecule has 0 aliphatic carbocycles. The van der Waals surface area contributed by atoms with Gasteiger partial charge in [-0.15, -0.1) is 0 Å². The zero-order valence-electron chi connectivity index (χ0n) is 17.1. The van der Waals surface area contributed by atoms with Crippen LogP contribution in [-0.4, -0.2) is 48.4 Å². The van der Waals surface area contributed by atoms with Crippen LogP contribution in [0, 0.1) is 12.8 Å². The first-order valence-electron chi connectivity index (χ1n) is 9.67. The van der Waals surface area contributed by atoms with Crippen molar-refractivity contribution in [2.75, 3.05) is 19.6 Å². The zero-order valence-corrected chi connectivity index (χ0v) is 17.1. The summed E-state index contributed by atoms with van der Waals surface area (Å²) in [4.78, 5) is 27.1. The quantitative estimate of drug-likeness (QED) is 0.673. The molecule has 0 aromatic heterocycles. The van der Waals surface area contributed by atoms with Crippen molar-refractivity contribution in [1.82, 2.24) is 15.5 Å². The van der Waals surface area contributed by atoms with Crippen LogP contribution in [0.2, 0.25) is 0 Å². The smallest absolute Gasteiger partial charge is 0.251 e. The Hall–Kier alpha value is -1.88. The molecule has 5 nitrogen and oxygen atoms in total. The molecule has 26 heavy (non-hydrogen) atoms. The summed E-state index contributed by atoms with van der Waals surface area (Å²) in [6.07, 6.45) is 1.03. The second-order valence-corrected chi connectivity index (χ2v) is 7.31.